The Labute approximate surface area is 118 Å². The molecular weight excluding hydrogens is 248 g/mol. The lowest BCUT2D eigenvalue weighted by Crippen LogP contribution is -2.02. The Hall–Kier alpha value is -2.61. The van der Waals surface area contributed by atoms with Gasteiger partial charge in [0.15, 0.2) is 0 Å². The van der Waals surface area contributed by atoms with E-state index in [1.54, 1.807) is 6.07 Å². The molecule has 0 radical (unpaired) electrons. The van der Waals surface area contributed by atoms with Crippen LogP contribution in [0.4, 0.5) is 0 Å². The Bertz CT molecular complexity index is 724. The van der Waals surface area contributed by atoms with Crippen molar-refractivity contribution in [2.75, 3.05) is 0 Å². The number of esters is 1. The monoisotopic (exact) mass is 262 g/mol. The maximum Gasteiger partial charge on any atom is 0.308 e. The summed E-state index contributed by atoms with van der Waals surface area (Å²) in [7, 11) is 0. The molecule has 0 N–H and O–H groups in total. The van der Waals surface area contributed by atoms with Crippen LogP contribution >= 0.6 is 0 Å². The second-order valence-electron chi connectivity index (χ2n) is 4.69. The van der Waals surface area contributed by atoms with Gasteiger partial charge in [0, 0.05) is 12.5 Å². The number of fused-ring (bicyclic) bond motifs is 1. The van der Waals surface area contributed by atoms with Crippen molar-refractivity contribution in [1.29, 1.82) is 0 Å². The van der Waals surface area contributed by atoms with E-state index < -0.39 is 0 Å². The number of benzene rings is 2. The van der Waals surface area contributed by atoms with Crippen LogP contribution in [-0.4, -0.2) is 5.97 Å². The molecule has 2 heteroatoms. The van der Waals surface area contributed by atoms with Crippen molar-refractivity contribution in [2.45, 2.75) is 6.92 Å². The van der Waals surface area contributed by atoms with Gasteiger partial charge in [-0.1, -0.05) is 54.6 Å². The fourth-order valence-electron chi connectivity index (χ4n) is 2.13. The Balaban J connectivity index is 1.85. The number of carbonyl (C=O) groups is 1. The van der Waals surface area contributed by atoms with Crippen LogP contribution in [0.25, 0.3) is 24.3 Å². The smallest absolute Gasteiger partial charge is 0.308 e. The van der Waals surface area contributed by atoms with Gasteiger partial charge in [-0.3, -0.25) is 4.79 Å². The quantitative estimate of drug-likeness (QED) is 0.400. The lowest BCUT2D eigenvalue weighted by Gasteiger charge is -2.10. The third kappa shape index (κ3) is 2.54. The minimum absolute atomic E-state index is 0.308. The van der Waals surface area contributed by atoms with Crippen molar-refractivity contribution in [1.82, 2.24) is 0 Å². The van der Waals surface area contributed by atoms with E-state index in [0.717, 1.165) is 11.1 Å². The topological polar surface area (TPSA) is 26.3 Å². The van der Waals surface area contributed by atoms with Crippen molar-refractivity contribution in [3.8, 4) is 5.75 Å². The van der Waals surface area contributed by atoms with Gasteiger partial charge in [-0.15, -0.1) is 0 Å². The Morgan fingerprint density at radius 3 is 2.50 bits per heavy atom. The van der Waals surface area contributed by atoms with Gasteiger partial charge in [0.2, 0.25) is 0 Å². The summed E-state index contributed by atoms with van der Waals surface area (Å²) in [5, 5.41) is 0. The molecule has 0 aromatic heterocycles. The summed E-state index contributed by atoms with van der Waals surface area (Å²) >= 11 is 0. The number of carbonyl (C=O) groups excluding carboxylic acids is 1. The van der Waals surface area contributed by atoms with Crippen LogP contribution in [0.1, 0.15) is 29.2 Å². The van der Waals surface area contributed by atoms with Crippen LogP contribution in [0.5, 0.6) is 5.75 Å². The molecule has 0 fully saturated rings. The molecule has 1 aliphatic carbocycles. The van der Waals surface area contributed by atoms with Crippen molar-refractivity contribution in [3.05, 3.63) is 64.7 Å². The van der Waals surface area contributed by atoms with E-state index in [-0.39, 0.29) is 5.97 Å². The molecule has 2 aromatic rings. The molecule has 2 nitrogen and oxygen atoms in total. The Morgan fingerprint density at radius 1 is 1.00 bits per heavy atom. The predicted molar refractivity (Wildman–Crippen MR) is 82.0 cm³/mol. The summed E-state index contributed by atoms with van der Waals surface area (Å²) in [4.78, 5) is 11.1. The van der Waals surface area contributed by atoms with E-state index in [9.17, 15) is 4.79 Å². The first kappa shape index (κ1) is 12.4. The standard InChI is InChI=1S/C18H14O2/c1-13(19)20-18-5-3-2-4-16(18)9-7-14-6-8-15-10-11-17(15)12-14/h2-12H,1H3. The number of hydrogen-bond donors (Lipinski definition) is 0. The molecule has 98 valence electrons. The van der Waals surface area contributed by atoms with Crippen LogP contribution in [0.2, 0.25) is 0 Å². The van der Waals surface area contributed by atoms with E-state index in [2.05, 4.69) is 30.4 Å². The van der Waals surface area contributed by atoms with Gasteiger partial charge in [-0.2, -0.15) is 0 Å². The number of ether oxygens (including phenoxy) is 1. The summed E-state index contributed by atoms with van der Waals surface area (Å²) in [6.45, 7) is 1.41. The molecule has 2 aromatic carbocycles. The third-order valence-corrected chi connectivity index (χ3v) is 3.18. The normalized spacial score (nSPS) is 12.1. The van der Waals surface area contributed by atoms with Crippen molar-refractivity contribution >= 4 is 30.3 Å². The fraction of sp³-hybridized carbons (Fsp3) is 0.0556. The van der Waals surface area contributed by atoms with Gasteiger partial charge in [0.05, 0.1) is 0 Å². The average Bonchev–Trinajstić information content (AvgIpc) is 2.40. The van der Waals surface area contributed by atoms with Crippen molar-refractivity contribution in [3.63, 3.8) is 0 Å². The van der Waals surface area contributed by atoms with Gasteiger partial charge in [0.1, 0.15) is 5.75 Å². The van der Waals surface area contributed by atoms with Gasteiger partial charge in [-0.05, 0) is 28.8 Å². The summed E-state index contributed by atoms with van der Waals surface area (Å²) in [5.74, 6) is 0.275. The Morgan fingerprint density at radius 2 is 1.80 bits per heavy atom. The molecule has 3 rings (SSSR count). The zero-order valence-corrected chi connectivity index (χ0v) is 11.2. The van der Waals surface area contributed by atoms with E-state index in [1.165, 1.54) is 18.1 Å². The molecule has 0 saturated carbocycles. The first-order valence-electron chi connectivity index (χ1n) is 6.50. The second-order valence-corrected chi connectivity index (χ2v) is 4.69. The summed E-state index contributed by atoms with van der Waals surface area (Å²) < 4.78 is 5.19. The average molecular weight is 262 g/mol. The minimum atomic E-state index is -0.308. The lowest BCUT2D eigenvalue weighted by atomic mass is 9.95. The van der Waals surface area contributed by atoms with Gasteiger partial charge in [0.25, 0.3) is 0 Å². The maximum absolute atomic E-state index is 11.1. The Kier molecular flexibility index (Phi) is 3.21. The fourth-order valence-corrected chi connectivity index (χ4v) is 2.13. The van der Waals surface area contributed by atoms with E-state index >= 15 is 0 Å². The predicted octanol–water partition coefficient (Wildman–Crippen LogP) is 4.27. The molecule has 0 spiro atoms. The number of rotatable bonds is 3. The van der Waals surface area contributed by atoms with Crippen molar-refractivity contribution in [2.24, 2.45) is 0 Å². The largest absolute Gasteiger partial charge is 0.426 e. The van der Waals surface area contributed by atoms with Gasteiger partial charge >= 0.3 is 5.97 Å². The SMILES string of the molecule is CC(=O)Oc1ccccc1C=Cc1ccc2c(c1)C=C2. The van der Waals surface area contributed by atoms with Crippen LogP contribution in [-0.2, 0) is 4.79 Å². The number of para-hydroxylation sites is 1. The highest BCUT2D eigenvalue weighted by molar-refractivity contribution is 5.87. The molecular formula is C18H14O2. The molecule has 0 aliphatic heterocycles. The molecule has 1 aliphatic rings. The van der Waals surface area contributed by atoms with Crippen LogP contribution < -0.4 is 4.74 Å². The third-order valence-electron chi connectivity index (χ3n) is 3.18. The number of hydrogen-bond acceptors (Lipinski definition) is 2. The first-order valence-corrected chi connectivity index (χ1v) is 6.50. The molecule has 0 amide bonds. The van der Waals surface area contributed by atoms with Crippen LogP contribution in [0.3, 0.4) is 0 Å². The van der Waals surface area contributed by atoms with Gasteiger partial charge < -0.3 is 4.74 Å². The summed E-state index contributed by atoms with van der Waals surface area (Å²) in [6, 6.07) is 13.8. The molecule has 0 bridgehead atoms. The van der Waals surface area contributed by atoms with Crippen molar-refractivity contribution < 1.29 is 9.53 Å². The van der Waals surface area contributed by atoms with Gasteiger partial charge in [-0.25, -0.2) is 0 Å². The minimum Gasteiger partial charge on any atom is -0.426 e. The van der Waals surface area contributed by atoms with E-state index in [0.29, 0.717) is 5.75 Å². The molecule has 20 heavy (non-hydrogen) atoms. The molecule has 0 saturated heterocycles. The highest BCUT2D eigenvalue weighted by Crippen LogP contribution is 2.26. The summed E-state index contributed by atoms with van der Waals surface area (Å²) in [5.41, 5.74) is 4.56. The zero-order chi connectivity index (χ0) is 13.9. The summed E-state index contributed by atoms with van der Waals surface area (Å²) in [6.07, 6.45) is 8.18. The lowest BCUT2D eigenvalue weighted by molar-refractivity contribution is -0.131. The molecule has 0 unspecified atom stereocenters. The maximum atomic E-state index is 11.1. The second kappa shape index (κ2) is 5.17. The van der Waals surface area contributed by atoms with Crippen LogP contribution in [0, 0.1) is 0 Å². The molecule has 0 atom stereocenters. The van der Waals surface area contributed by atoms with E-state index in [4.69, 9.17) is 4.74 Å². The first-order chi connectivity index (χ1) is 9.72. The molecule has 0 heterocycles. The highest BCUT2D eigenvalue weighted by Gasteiger charge is 2.05. The zero-order valence-electron chi connectivity index (χ0n) is 11.2. The van der Waals surface area contributed by atoms with E-state index in [1.807, 2.05) is 30.4 Å². The highest BCUT2D eigenvalue weighted by atomic mass is 16.5. The van der Waals surface area contributed by atoms with Crippen LogP contribution in [0.15, 0.2) is 42.5 Å².